The number of allylic oxidation sites excluding steroid dienone is 1. The summed E-state index contributed by atoms with van der Waals surface area (Å²) in [5, 5.41) is 2.39. The van der Waals surface area contributed by atoms with Crippen molar-refractivity contribution in [3.63, 3.8) is 0 Å². The largest absolute Gasteiger partial charge is 0.361 e. The number of nitrogens with zero attached hydrogens (tertiary/aromatic N) is 2. The van der Waals surface area contributed by atoms with Crippen LogP contribution in [0.5, 0.6) is 0 Å². The average molecular weight is 206 g/mol. The van der Waals surface area contributed by atoms with E-state index in [1.807, 2.05) is 18.2 Å². The van der Waals surface area contributed by atoms with Gasteiger partial charge in [-0.25, -0.2) is 0 Å². The SMILES string of the molecule is [N-]=[N+]=C1CC=Cc2cc3ccccc3cc21. The summed E-state index contributed by atoms with van der Waals surface area (Å²) in [6, 6.07) is 12.4. The van der Waals surface area contributed by atoms with Crippen LogP contribution in [0.15, 0.2) is 42.5 Å². The lowest BCUT2D eigenvalue weighted by Crippen LogP contribution is -2.06. The molecule has 2 aromatic rings. The highest BCUT2D eigenvalue weighted by molar-refractivity contribution is 6.06. The summed E-state index contributed by atoms with van der Waals surface area (Å²) in [5.41, 5.74) is 11.9. The molecule has 0 saturated carbocycles. The van der Waals surface area contributed by atoms with Crippen molar-refractivity contribution in [3.8, 4) is 0 Å². The highest BCUT2D eigenvalue weighted by Gasteiger charge is 2.18. The van der Waals surface area contributed by atoms with Gasteiger partial charge in [0.05, 0.1) is 12.0 Å². The fourth-order valence-corrected chi connectivity index (χ4v) is 2.15. The quantitative estimate of drug-likeness (QED) is 0.468. The maximum atomic E-state index is 8.96. The number of fused-ring (bicyclic) bond motifs is 2. The molecule has 2 nitrogen and oxygen atoms in total. The van der Waals surface area contributed by atoms with Gasteiger partial charge in [0, 0.05) is 0 Å². The molecule has 3 rings (SSSR count). The van der Waals surface area contributed by atoms with Gasteiger partial charge in [-0.05, 0) is 28.5 Å². The summed E-state index contributed by atoms with van der Waals surface area (Å²) in [4.78, 5) is 3.36. The van der Waals surface area contributed by atoms with Gasteiger partial charge in [0.2, 0.25) is 0 Å². The molecule has 0 spiro atoms. The molecule has 0 aromatic heterocycles. The van der Waals surface area contributed by atoms with Gasteiger partial charge in [0.1, 0.15) is 0 Å². The van der Waals surface area contributed by atoms with Crippen LogP contribution < -0.4 is 0 Å². The van der Waals surface area contributed by atoms with Gasteiger partial charge in [-0.1, -0.05) is 36.4 Å². The molecule has 0 fully saturated rings. The van der Waals surface area contributed by atoms with Crippen LogP contribution in [0, 0.1) is 0 Å². The Morgan fingerprint density at radius 1 is 1.06 bits per heavy atom. The van der Waals surface area contributed by atoms with Crippen LogP contribution in [0.25, 0.3) is 22.4 Å². The molecule has 16 heavy (non-hydrogen) atoms. The molecule has 0 N–H and O–H groups in total. The second-order valence-corrected chi connectivity index (χ2v) is 3.94. The van der Waals surface area contributed by atoms with Gasteiger partial charge < -0.3 is 5.53 Å². The molecule has 0 atom stereocenters. The van der Waals surface area contributed by atoms with Crippen LogP contribution in [0.1, 0.15) is 17.5 Å². The minimum atomic E-state index is 0.696. The van der Waals surface area contributed by atoms with E-state index in [9.17, 15) is 0 Å². The molecule has 0 radical (unpaired) electrons. The van der Waals surface area contributed by atoms with E-state index in [4.69, 9.17) is 5.53 Å². The molecular weight excluding hydrogens is 196 g/mol. The molecule has 1 aliphatic carbocycles. The summed E-state index contributed by atoms with van der Waals surface area (Å²) in [5.74, 6) is 0. The minimum absolute atomic E-state index is 0.696. The van der Waals surface area contributed by atoms with E-state index in [1.165, 1.54) is 10.8 Å². The van der Waals surface area contributed by atoms with Gasteiger partial charge >= 0.3 is 5.71 Å². The molecule has 0 heterocycles. The summed E-state index contributed by atoms with van der Waals surface area (Å²) in [6.45, 7) is 0. The van der Waals surface area contributed by atoms with Gasteiger partial charge in [0.15, 0.2) is 0 Å². The molecule has 2 heteroatoms. The Balaban J connectivity index is 2.39. The fraction of sp³-hybridized carbons (Fsp3) is 0.0714. The van der Waals surface area contributed by atoms with E-state index in [0.29, 0.717) is 6.42 Å². The maximum Gasteiger partial charge on any atom is 0.303 e. The lowest BCUT2D eigenvalue weighted by Gasteiger charge is -2.08. The predicted octanol–water partition coefficient (Wildman–Crippen LogP) is 3.28. The van der Waals surface area contributed by atoms with E-state index < -0.39 is 0 Å². The summed E-state index contributed by atoms with van der Waals surface area (Å²) in [6.07, 6.45) is 4.80. The first-order valence-electron chi connectivity index (χ1n) is 5.29. The lowest BCUT2D eigenvalue weighted by molar-refractivity contribution is -0.00605. The number of rotatable bonds is 0. The zero-order chi connectivity index (χ0) is 11.0. The minimum Gasteiger partial charge on any atom is -0.361 e. The first-order chi connectivity index (χ1) is 7.88. The zero-order valence-electron chi connectivity index (χ0n) is 8.72. The first-order valence-corrected chi connectivity index (χ1v) is 5.29. The molecule has 0 amide bonds. The molecule has 0 aliphatic heterocycles. The highest BCUT2D eigenvalue weighted by Crippen LogP contribution is 2.25. The lowest BCUT2D eigenvalue weighted by atomic mass is 9.92. The van der Waals surface area contributed by atoms with Gasteiger partial charge in [-0.15, -0.1) is 0 Å². The molecule has 0 saturated heterocycles. The van der Waals surface area contributed by atoms with Crippen LogP contribution in [0.2, 0.25) is 0 Å². The Kier molecular flexibility index (Phi) is 1.95. The number of hydrogen-bond acceptors (Lipinski definition) is 0. The van der Waals surface area contributed by atoms with Crippen LogP contribution in [-0.2, 0) is 0 Å². The van der Waals surface area contributed by atoms with E-state index >= 15 is 0 Å². The average Bonchev–Trinajstić information content (AvgIpc) is 2.35. The van der Waals surface area contributed by atoms with Crippen LogP contribution in [0.3, 0.4) is 0 Å². The van der Waals surface area contributed by atoms with Gasteiger partial charge in [-0.2, -0.15) is 4.79 Å². The van der Waals surface area contributed by atoms with Crippen molar-refractivity contribution in [1.29, 1.82) is 0 Å². The standard InChI is InChI=1S/C14H10N2/c15-16-14-7-3-6-12-8-10-4-1-2-5-11(10)9-13(12)14/h1-6,8-9H,7H2. The van der Waals surface area contributed by atoms with Crippen molar-refractivity contribution in [1.82, 2.24) is 0 Å². The highest BCUT2D eigenvalue weighted by atomic mass is 14.9. The molecular formula is C14H10N2. The second kappa shape index (κ2) is 3.44. The van der Waals surface area contributed by atoms with E-state index in [-0.39, 0.29) is 0 Å². The van der Waals surface area contributed by atoms with Crippen LogP contribution in [0.4, 0.5) is 0 Å². The molecule has 1 aliphatic rings. The summed E-state index contributed by atoms with van der Waals surface area (Å²) < 4.78 is 0. The van der Waals surface area contributed by atoms with Crippen LogP contribution >= 0.6 is 0 Å². The Bertz CT molecular complexity index is 647. The van der Waals surface area contributed by atoms with E-state index in [2.05, 4.69) is 35.1 Å². The van der Waals surface area contributed by atoms with Crippen molar-refractivity contribution in [2.45, 2.75) is 6.42 Å². The smallest absolute Gasteiger partial charge is 0.303 e. The summed E-state index contributed by atoms with van der Waals surface area (Å²) in [7, 11) is 0. The topological polar surface area (TPSA) is 36.4 Å². The normalized spacial score (nSPS) is 13.6. The van der Waals surface area contributed by atoms with Gasteiger partial charge in [-0.3, -0.25) is 0 Å². The van der Waals surface area contributed by atoms with E-state index in [1.54, 1.807) is 0 Å². The zero-order valence-corrected chi connectivity index (χ0v) is 8.72. The second-order valence-electron chi connectivity index (χ2n) is 3.94. The van der Waals surface area contributed by atoms with Crippen molar-refractivity contribution >= 4 is 22.6 Å². The molecule has 76 valence electrons. The first kappa shape index (κ1) is 9.08. The Labute approximate surface area is 93.5 Å². The van der Waals surface area contributed by atoms with Gasteiger partial charge in [0.25, 0.3) is 0 Å². The monoisotopic (exact) mass is 206 g/mol. The molecule has 0 bridgehead atoms. The Morgan fingerprint density at radius 3 is 2.56 bits per heavy atom. The number of hydrogen-bond donors (Lipinski definition) is 0. The van der Waals surface area contributed by atoms with Crippen molar-refractivity contribution in [2.24, 2.45) is 0 Å². The van der Waals surface area contributed by atoms with Crippen LogP contribution in [-0.4, -0.2) is 10.5 Å². The number of benzene rings is 2. The van der Waals surface area contributed by atoms with E-state index in [0.717, 1.165) is 16.8 Å². The molecule has 2 aromatic carbocycles. The third-order valence-electron chi connectivity index (χ3n) is 2.96. The van der Waals surface area contributed by atoms with Crippen molar-refractivity contribution in [3.05, 3.63) is 59.1 Å². The Morgan fingerprint density at radius 2 is 1.81 bits per heavy atom. The molecule has 0 unspecified atom stereocenters. The third kappa shape index (κ3) is 1.28. The maximum absolute atomic E-state index is 8.96. The summed E-state index contributed by atoms with van der Waals surface area (Å²) >= 11 is 0. The van der Waals surface area contributed by atoms with Crippen molar-refractivity contribution < 1.29 is 4.79 Å². The Hall–Kier alpha value is -2.18. The third-order valence-corrected chi connectivity index (χ3v) is 2.96. The predicted molar refractivity (Wildman–Crippen MR) is 65.3 cm³/mol. The fourth-order valence-electron chi connectivity index (χ4n) is 2.15. The van der Waals surface area contributed by atoms with Crippen molar-refractivity contribution in [2.75, 3.05) is 0 Å².